The molecule has 2 rings (SSSR count). The number of rotatable bonds is 1. The fourth-order valence-electron chi connectivity index (χ4n) is 2.71. The second-order valence-electron chi connectivity index (χ2n) is 5.42. The monoisotopic (exact) mass is 296 g/mol. The lowest BCUT2D eigenvalue weighted by Gasteiger charge is -2.38. The highest BCUT2D eigenvalue weighted by Gasteiger charge is 2.32. The SMILES string of the molecule is CC1CCCC(C)N1C(=O)C(=O)Nc1ccc(F)cc1F. The number of nitrogens with one attached hydrogen (secondary N) is 1. The molecule has 1 aliphatic heterocycles. The molecule has 2 unspecified atom stereocenters. The summed E-state index contributed by atoms with van der Waals surface area (Å²) in [6.45, 7) is 3.78. The van der Waals surface area contributed by atoms with Crippen molar-refractivity contribution < 1.29 is 18.4 Å². The van der Waals surface area contributed by atoms with Crippen LogP contribution in [-0.2, 0) is 9.59 Å². The van der Waals surface area contributed by atoms with Gasteiger partial charge in [0.1, 0.15) is 11.6 Å². The van der Waals surface area contributed by atoms with E-state index in [0.29, 0.717) is 6.07 Å². The van der Waals surface area contributed by atoms with E-state index in [4.69, 9.17) is 0 Å². The summed E-state index contributed by atoms with van der Waals surface area (Å²) in [6, 6.07) is 2.73. The summed E-state index contributed by atoms with van der Waals surface area (Å²) in [4.78, 5) is 25.7. The fraction of sp³-hybridized carbons (Fsp3) is 0.467. The normalized spacial score (nSPS) is 22.0. The standard InChI is InChI=1S/C15H18F2N2O2/c1-9-4-3-5-10(2)19(9)15(21)14(20)18-13-7-6-11(16)8-12(13)17/h6-10H,3-5H2,1-2H3,(H,18,20). The van der Waals surface area contributed by atoms with Crippen molar-refractivity contribution in [2.75, 3.05) is 5.32 Å². The van der Waals surface area contributed by atoms with Gasteiger partial charge in [-0.1, -0.05) is 0 Å². The third kappa shape index (κ3) is 3.37. The fourth-order valence-corrected chi connectivity index (χ4v) is 2.71. The molecule has 1 aromatic rings. The van der Waals surface area contributed by atoms with Gasteiger partial charge < -0.3 is 10.2 Å². The second kappa shape index (κ2) is 6.20. The van der Waals surface area contributed by atoms with Gasteiger partial charge >= 0.3 is 11.8 Å². The number of piperidine rings is 1. The quantitative estimate of drug-likeness (QED) is 0.810. The van der Waals surface area contributed by atoms with Crippen LogP contribution >= 0.6 is 0 Å². The Labute approximate surface area is 122 Å². The van der Waals surface area contributed by atoms with Crippen LogP contribution in [0.2, 0.25) is 0 Å². The van der Waals surface area contributed by atoms with Crippen molar-refractivity contribution in [2.24, 2.45) is 0 Å². The lowest BCUT2D eigenvalue weighted by molar-refractivity contribution is -0.147. The van der Waals surface area contributed by atoms with Gasteiger partial charge in [0.15, 0.2) is 0 Å². The average molecular weight is 296 g/mol. The number of benzene rings is 1. The maximum atomic E-state index is 13.5. The molecule has 114 valence electrons. The van der Waals surface area contributed by atoms with Gasteiger partial charge in [-0.25, -0.2) is 8.78 Å². The zero-order chi connectivity index (χ0) is 15.6. The summed E-state index contributed by atoms with van der Waals surface area (Å²) in [5.74, 6) is -3.23. The minimum Gasteiger partial charge on any atom is -0.329 e. The average Bonchev–Trinajstić information content (AvgIpc) is 2.41. The van der Waals surface area contributed by atoms with E-state index in [-0.39, 0.29) is 17.8 Å². The molecular formula is C15H18F2N2O2. The first-order valence-corrected chi connectivity index (χ1v) is 6.99. The zero-order valence-electron chi connectivity index (χ0n) is 12.0. The van der Waals surface area contributed by atoms with Gasteiger partial charge in [0.2, 0.25) is 0 Å². The molecule has 0 aliphatic carbocycles. The van der Waals surface area contributed by atoms with Gasteiger partial charge in [-0.05, 0) is 45.2 Å². The predicted molar refractivity (Wildman–Crippen MR) is 74.6 cm³/mol. The van der Waals surface area contributed by atoms with Crippen molar-refractivity contribution in [1.29, 1.82) is 0 Å². The molecule has 2 amide bonds. The maximum Gasteiger partial charge on any atom is 0.314 e. The number of halogens is 2. The Morgan fingerprint density at radius 1 is 1.19 bits per heavy atom. The van der Waals surface area contributed by atoms with Crippen LogP contribution in [-0.4, -0.2) is 28.8 Å². The molecule has 1 aliphatic rings. The molecule has 6 heteroatoms. The Bertz CT molecular complexity index is 553. The number of nitrogens with zero attached hydrogens (tertiary/aromatic N) is 1. The first-order valence-electron chi connectivity index (χ1n) is 6.99. The summed E-state index contributed by atoms with van der Waals surface area (Å²) in [6.07, 6.45) is 2.70. The van der Waals surface area contributed by atoms with Crippen LogP contribution in [0.25, 0.3) is 0 Å². The molecule has 0 radical (unpaired) electrons. The summed E-state index contributed by atoms with van der Waals surface area (Å²) in [5.41, 5.74) is -0.202. The molecule has 1 saturated heterocycles. The molecule has 21 heavy (non-hydrogen) atoms. The van der Waals surface area contributed by atoms with E-state index in [2.05, 4.69) is 5.32 Å². The summed E-state index contributed by atoms with van der Waals surface area (Å²) < 4.78 is 26.3. The van der Waals surface area contributed by atoms with Gasteiger partial charge in [0, 0.05) is 18.2 Å². The van der Waals surface area contributed by atoms with E-state index in [1.807, 2.05) is 13.8 Å². The Morgan fingerprint density at radius 3 is 2.38 bits per heavy atom. The highest BCUT2D eigenvalue weighted by molar-refractivity contribution is 6.39. The number of hydrogen-bond donors (Lipinski definition) is 1. The molecule has 0 saturated carbocycles. The predicted octanol–water partition coefficient (Wildman–Crippen LogP) is 2.69. The van der Waals surface area contributed by atoms with Crippen LogP contribution < -0.4 is 5.32 Å². The van der Waals surface area contributed by atoms with E-state index in [0.717, 1.165) is 31.4 Å². The topological polar surface area (TPSA) is 49.4 Å². The minimum absolute atomic E-state index is 0.0231. The van der Waals surface area contributed by atoms with Crippen LogP contribution in [0, 0.1) is 11.6 Å². The molecular weight excluding hydrogens is 278 g/mol. The molecule has 1 fully saturated rings. The molecule has 0 bridgehead atoms. The van der Waals surface area contributed by atoms with E-state index in [1.165, 1.54) is 4.90 Å². The Balaban J connectivity index is 2.10. The van der Waals surface area contributed by atoms with Gasteiger partial charge in [0.25, 0.3) is 0 Å². The van der Waals surface area contributed by atoms with Crippen LogP contribution in [0.4, 0.5) is 14.5 Å². The minimum atomic E-state index is -0.907. The summed E-state index contributed by atoms with van der Waals surface area (Å²) >= 11 is 0. The zero-order valence-corrected chi connectivity index (χ0v) is 12.0. The van der Waals surface area contributed by atoms with E-state index in [9.17, 15) is 18.4 Å². The Hall–Kier alpha value is -1.98. The Kier molecular flexibility index (Phi) is 4.55. The number of amides is 2. The van der Waals surface area contributed by atoms with Crippen LogP contribution in [0.15, 0.2) is 18.2 Å². The number of hydrogen-bond acceptors (Lipinski definition) is 2. The second-order valence-corrected chi connectivity index (χ2v) is 5.42. The third-order valence-corrected chi connectivity index (χ3v) is 3.80. The van der Waals surface area contributed by atoms with E-state index < -0.39 is 23.4 Å². The van der Waals surface area contributed by atoms with Crippen molar-refractivity contribution in [3.8, 4) is 0 Å². The van der Waals surface area contributed by atoms with Crippen molar-refractivity contribution in [1.82, 2.24) is 4.90 Å². The number of anilines is 1. The van der Waals surface area contributed by atoms with Crippen molar-refractivity contribution in [3.63, 3.8) is 0 Å². The summed E-state index contributed by atoms with van der Waals surface area (Å²) in [5, 5.41) is 2.20. The van der Waals surface area contributed by atoms with Gasteiger partial charge in [-0.2, -0.15) is 0 Å². The lowest BCUT2D eigenvalue weighted by Crippen LogP contribution is -2.51. The molecule has 1 heterocycles. The van der Waals surface area contributed by atoms with Crippen LogP contribution in [0.3, 0.4) is 0 Å². The molecule has 2 atom stereocenters. The van der Waals surface area contributed by atoms with Gasteiger partial charge in [0.05, 0.1) is 5.69 Å². The third-order valence-electron chi connectivity index (χ3n) is 3.80. The molecule has 0 spiro atoms. The summed E-state index contributed by atoms with van der Waals surface area (Å²) in [7, 11) is 0. The first-order chi connectivity index (χ1) is 9.90. The number of carbonyl (C=O) groups is 2. The maximum absolute atomic E-state index is 13.5. The van der Waals surface area contributed by atoms with Crippen LogP contribution in [0.1, 0.15) is 33.1 Å². The number of likely N-dealkylation sites (tertiary alicyclic amines) is 1. The molecule has 0 aromatic heterocycles. The van der Waals surface area contributed by atoms with Crippen molar-refractivity contribution in [2.45, 2.75) is 45.2 Å². The number of carbonyl (C=O) groups excluding carboxylic acids is 2. The molecule has 1 aromatic carbocycles. The van der Waals surface area contributed by atoms with E-state index >= 15 is 0 Å². The van der Waals surface area contributed by atoms with Crippen molar-refractivity contribution in [3.05, 3.63) is 29.8 Å². The van der Waals surface area contributed by atoms with Gasteiger partial charge in [-0.3, -0.25) is 9.59 Å². The highest BCUT2D eigenvalue weighted by Crippen LogP contribution is 2.23. The molecule has 4 nitrogen and oxygen atoms in total. The first kappa shape index (κ1) is 15.4. The van der Waals surface area contributed by atoms with E-state index in [1.54, 1.807) is 0 Å². The van der Waals surface area contributed by atoms with Gasteiger partial charge in [-0.15, -0.1) is 0 Å². The molecule has 1 N–H and O–H groups in total. The van der Waals surface area contributed by atoms with Crippen molar-refractivity contribution >= 4 is 17.5 Å². The smallest absolute Gasteiger partial charge is 0.314 e. The highest BCUT2D eigenvalue weighted by atomic mass is 19.1. The lowest BCUT2D eigenvalue weighted by atomic mass is 9.97. The van der Waals surface area contributed by atoms with Crippen LogP contribution in [0.5, 0.6) is 0 Å². The Morgan fingerprint density at radius 2 is 1.81 bits per heavy atom. The largest absolute Gasteiger partial charge is 0.329 e.